The van der Waals surface area contributed by atoms with E-state index in [4.69, 9.17) is 5.11 Å². The Balaban J connectivity index is 2.30. The number of carboxylic acids is 1. The third-order valence-corrected chi connectivity index (χ3v) is 5.50. The van der Waals surface area contributed by atoms with E-state index in [0.29, 0.717) is 0 Å². The Morgan fingerprint density at radius 3 is 2.55 bits per heavy atom. The van der Waals surface area contributed by atoms with E-state index in [0.717, 1.165) is 23.5 Å². The van der Waals surface area contributed by atoms with Crippen LogP contribution in [0.4, 0.5) is 8.78 Å². The number of rotatable bonds is 5. The van der Waals surface area contributed by atoms with Crippen molar-refractivity contribution >= 4 is 27.3 Å². The molecule has 0 aliphatic heterocycles. The van der Waals surface area contributed by atoms with Gasteiger partial charge in [0, 0.05) is 6.04 Å². The van der Waals surface area contributed by atoms with Gasteiger partial charge in [-0.3, -0.25) is 0 Å². The minimum Gasteiger partial charge on any atom is -0.477 e. The van der Waals surface area contributed by atoms with Gasteiger partial charge < -0.3 is 5.11 Å². The number of sulfonamides is 1. The number of halogens is 2. The maximum Gasteiger partial charge on any atom is 0.347 e. The summed E-state index contributed by atoms with van der Waals surface area (Å²) in [4.78, 5) is 10.3. The van der Waals surface area contributed by atoms with Crippen molar-refractivity contribution in [1.29, 1.82) is 0 Å². The fourth-order valence-corrected chi connectivity index (χ4v) is 4.30. The van der Waals surface area contributed by atoms with Crippen LogP contribution < -0.4 is 4.72 Å². The SMILES string of the molecule is CC(NS(=O)(=O)c1ccsc1C(=O)O)c1ccc(F)c(F)c1. The Kier molecular flexibility index (Phi) is 4.59. The lowest BCUT2D eigenvalue weighted by atomic mass is 10.1. The molecule has 5 nitrogen and oxygen atoms in total. The summed E-state index contributed by atoms with van der Waals surface area (Å²) in [6.45, 7) is 1.44. The number of thiophene rings is 1. The molecule has 1 unspecified atom stereocenters. The molecule has 0 aliphatic rings. The maximum atomic E-state index is 13.2. The molecule has 0 amide bonds. The number of carboxylic acid groups (broad SMARTS) is 1. The third kappa shape index (κ3) is 3.32. The molecule has 22 heavy (non-hydrogen) atoms. The summed E-state index contributed by atoms with van der Waals surface area (Å²) < 4.78 is 52.8. The Morgan fingerprint density at radius 2 is 1.95 bits per heavy atom. The molecule has 0 aliphatic carbocycles. The second-order valence-electron chi connectivity index (χ2n) is 4.44. The molecular formula is C13H11F2NO4S2. The van der Waals surface area contributed by atoms with Gasteiger partial charge in [0.05, 0.1) is 0 Å². The van der Waals surface area contributed by atoms with Crippen molar-refractivity contribution in [3.8, 4) is 0 Å². The van der Waals surface area contributed by atoms with Crippen LogP contribution >= 0.6 is 11.3 Å². The summed E-state index contributed by atoms with van der Waals surface area (Å²) in [5.41, 5.74) is 0.217. The Labute approximate surface area is 129 Å². The van der Waals surface area contributed by atoms with Crippen molar-refractivity contribution in [1.82, 2.24) is 4.72 Å². The lowest BCUT2D eigenvalue weighted by Crippen LogP contribution is -2.27. The highest BCUT2D eigenvalue weighted by molar-refractivity contribution is 7.89. The van der Waals surface area contributed by atoms with Crippen LogP contribution in [0.3, 0.4) is 0 Å². The van der Waals surface area contributed by atoms with Crippen molar-refractivity contribution in [3.05, 3.63) is 51.7 Å². The molecule has 1 atom stereocenters. The van der Waals surface area contributed by atoms with E-state index in [2.05, 4.69) is 4.72 Å². The van der Waals surface area contributed by atoms with Crippen LogP contribution in [0.15, 0.2) is 34.5 Å². The minimum absolute atomic E-state index is 0.217. The monoisotopic (exact) mass is 347 g/mol. The fraction of sp³-hybridized carbons (Fsp3) is 0.154. The summed E-state index contributed by atoms with van der Waals surface area (Å²) >= 11 is 0.784. The largest absolute Gasteiger partial charge is 0.477 e. The Morgan fingerprint density at radius 1 is 1.27 bits per heavy atom. The Hall–Kier alpha value is -1.84. The summed E-state index contributed by atoms with van der Waals surface area (Å²) in [5.74, 6) is -3.48. The zero-order valence-electron chi connectivity index (χ0n) is 11.2. The lowest BCUT2D eigenvalue weighted by molar-refractivity contribution is 0.0698. The second-order valence-corrected chi connectivity index (χ2v) is 7.03. The van der Waals surface area contributed by atoms with Gasteiger partial charge in [-0.2, -0.15) is 0 Å². The normalized spacial score (nSPS) is 13.0. The van der Waals surface area contributed by atoms with Gasteiger partial charge in [-0.25, -0.2) is 26.7 Å². The van der Waals surface area contributed by atoms with Gasteiger partial charge in [0.1, 0.15) is 9.77 Å². The highest BCUT2D eigenvalue weighted by atomic mass is 32.2. The molecule has 2 rings (SSSR count). The standard InChI is InChI=1S/C13H11F2NO4S2/c1-7(8-2-3-9(14)10(15)6-8)16-22(19,20)11-4-5-21-12(11)13(17)18/h2-7,16H,1H3,(H,17,18). The number of hydrogen-bond donors (Lipinski definition) is 2. The van der Waals surface area contributed by atoms with E-state index in [1.165, 1.54) is 24.4 Å². The molecule has 0 fully saturated rings. The first-order valence-corrected chi connectivity index (χ1v) is 8.36. The van der Waals surface area contributed by atoms with E-state index in [1.807, 2.05) is 0 Å². The fourth-order valence-electron chi connectivity index (χ4n) is 1.81. The van der Waals surface area contributed by atoms with Crippen LogP contribution in [0, 0.1) is 11.6 Å². The van der Waals surface area contributed by atoms with Gasteiger partial charge in [-0.05, 0) is 36.1 Å². The van der Waals surface area contributed by atoms with Crippen LogP contribution in [0.25, 0.3) is 0 Å². The average Bonchev–Trinajstić information content (AvgIpc) is 2.91. The predicted molar refractivity (Wildman–Crippen MR) is 76.4 cm³/mol. The van der Waals surface area contributed by atoms with Gasteiger partial charge in [-0.15, -0.1) is 11.3 Å². The summed E-state index contributed by atoms with van der Waals surface area (Å²) in [6, 6.07) is 3.34. The number of carbonyl (C=O) groups is 1. The molecule has 1 heterocycles. The van der Waals surface area contributed by atoms with Gasteiger partial charge in [0.15, 0.2) is 11.6 Å². The van der Waals surface area contributed by atoms with Crippen LogP contribution in [-0.4, -0.2) is 19.5 Å². The topological polar surface area (TPSA) is 83.5 Å². The average molecular weight is 347 g/mol. The Bertz CT molecular complexity index is 817. The molecule has 0 saturated carbocycles. The van der Waals surface area contributed by atoms with Crippen molar-refractivity contribution in [2.75, 3.05) is 0 Å². The molecule has 2 aromatic rings. The molecule has 0 bridgehead atoms. The zero-order valence-corrected chi connectivity index (χ0v) is 12.8. The van der Waals surface area contributed by atoms with Crippen LogP contribution in [0.1, 0.15) is 28.2 Å². The molecule has 0 saturated heterocycles. The first kappa shape index (κ1) is 16.5. The smallest absolute Gasteiger partial charge is 0.347 e. The summed E-state index contributed by atoms with van der Waals surface area (Å²) in [6.07, 6.45) is 0. The quantitative estimate of drug-likeness (QED) is 0.871. The van der Waals surface area contributed by atoms with E-state index < -0.39 is 33.7 Å². The van der Waals surface area contributed by atoms with E-state index >= 15 is 0 Å². The molecule has 0 spiro atoms. The summed E-state index contributed by atoms with van der Waals surface area (Å²) in [5, 5.41) is 10.3. The van der Waals surface area contributed by atoms with Gasteiger partial charge in [0.2, 0.25) is 10.0 Å². The second kappa shape index (κ2) is 6.11. The van der Waals surface area contributed by atoms with E-state index in [-0.39, 0.29) is 15.3 Å². The van der Waals surface area contributed by atoms with E-state index in [1.54, 1.807) is 0 Å². The molecular weight excluding hydrogens is 336 g/mol. The molecule has 0 radical (unpaired) electrons. The maximum absolute atomic E-state index is 13.2. The minimum atomic E-state index is -4.10. The highest BCUT2D eigenvalue weighted by Crippen LogP contribution is 2.24. The van der Waals surface area contributed by atoms with Crippen LogP contribution in [0.2, 0.25) is 0 Å². The molecule has 2 N–H and O–H groups in total. The molecule has 1 aromatic carbocycles. The lowest BCUT2D eigenvalue weighted by Gasteiger charge is -2.14. The number of nitrogens with one attached hydrogen (secondary N) is 1. The van der Waals surface area contributed by atoms with Crippen molar-refractivity contribution in [2.45, 2.75) is 17.9 Å². The predicted octanol–water partition coefficient (Wildman–Crippen LogP) is 2.76. The summed E-state index contributed by atoms with van der Waals surface area (Å²) in [7, 11) is -4.10. The molecule has 1 aromatic heterocycles. The first-order chi connectivity index (χ1) is 10.2. The van der Waals surface area contributed by atoms with Crippen molar-refractivity contribution < 1.29 is 27.1 Å². The van der Waals surface area contributed by atoms with Gasteiger partial charge in [0.25, 0.3) is 0 Å². The highest BCUT2D eigenvalue weighted by Gasteiger charge is 2.25. The van der Waals surface area contributed by atoms with Gasteiger partial charge >= 0.3 is 5.97 Å². The third-order valence-electron chi connectivity index (χ3n) is 2.89. The molecule has 118 valence electrons. The number of aromatic carboxylic acids is 1. The zero-order chi connectivity index (χ0) is 16.5. The number of hydrogen-bond acceptors (Lipinski definition) is 4. The van der Waals surface area contributed by atoms with E-state index in [9.17, 15) is 22.0 Å². The van der Waals surface area contributed by atoms with Crippen molar-refractivity contribution in [2.24, 2.45) is 0 Å². The number of benzene rings is 1. The van der Waals surface area contributed by atoms with Crippen molar-refractivity contribution in [3.63, 3.8) is 0 Å². The first-order valence-electron chi connectivity index (χ1n) is 6.00. The van der Waals surface area contributed by atoms with Gasteiger partial charge in [-0.1, -0.05) is 6.07 Å². The van der Waals surface area contributed by atoms with Crippen LogP contribution in [0.5, 0.6) is 0 Å². The molecule has 9 heteroatoms. The van der Waals surface area contributed by atoms with Crippen LogP contribution in [-0.2, 0) is 10.0 Å².